The van der Waals surface area contributed by atoms with Crippen LogP contribution >= 0.6 is 0 Å². The van der Waals surface area contributed by atoms with Crippen LogP contribution in [0, 0.1) is 0 Å². The van der Waals surface area contributed by atoms with Crippen molar-refractivity contribution in [3.63, 3.8) is 0 Å². The van der Waals surface area contributed by atoms with E-state index in [9.17, 15) is 0 Å². The van der Waals surface area contributed by atoms with E-state index >= 15 is 0 Å². The Morgan fingerprint density at radius 3 is 2.36 bits per heavy atom. The highest BCUT2D eigenvalue weighted by Gasteiger charge is 2.48. The normalized spacial score (nSPS) is 20.7. The minimum Gasteiger partial charge on any atom is -0.458 e. The summed E-state index contributed by atoms with van der Waals surface area (Å²) in [5.41, 5.74) is 17.9. The van der Waals surface area contributed by atoms with E-state index in [2.05, 4.69) is 125 Å². The maximum atomic E-state index is 6.90. The van der Waals surface area contributed by atoms with Crippen molar-refractivity contribution in [2.45, 2.75) is 37.6 Å². The van der Waals surface area contributed by atoms with Gasteiger partial charge in [0.05, 0.1) is 6.04 Å². The van der Waals surface area contributed by atoms with Gasteiger partial charge in [-0.15, -0.1) is 0 Å². The lowest BCUT2D eigenvalue weighted by Crippen LogP contribution is -2.59. The SMILES string of the molecule is C1=CC2c3ccc4c(c3N(c3cc5c6c(c3)N(c3ccccc3)c3ccccc3B6c3ccccc3O5)C2C2=C1CC2)CC4. The molecule has 3 heterocycles. The molecule has 0 radical (unpaired) electrons. The number of aryl methyl sites for hydroxylation is 1. The second-order valence-corrected chi connectivity index (χ2v) is 13.1. The van der Waals surface area contributed by atoms with Crippen LogP contribution in [0.15, 0.2) is 126 Å². The highest BCUT2D eigenvalue weighted by Crippen LogP contribution is 2.58. The summed E-state index contributed by atoms with van der Waals surface area (Å²) in [5.74, 6) is 2.33. The van der Waals surface area contributed by atoms with Gasteiger partial charge in [-0.3, -0.25) is 0 Å². The summed E-state index contributed by atoms with van der Waals surface area (Å²) in [4.78, 5) is 5.19. The van der Waals surface area contributed by atoms with Crippen LogP contribution in [-0.2, 0) is 12.8 Å². The van der Waals surface area contributed by atoms with Crippen molar-refractivity contribution in [1.82, 2.24) is 0 Å². The first-order valence-electron chi connectivity index (χ1n) is 16.1. The lowest BCUT2D eigenvalue weighted by atomic mass is 9.34. The number of hydrogen-bond acceptors (Lipinski definition) is 3. The fraction of sp³-hybridized carbons (Fsp3) is 0.150. The van der Waals surface area contributed by atoms with Crippen molar-refractivity contribution >= 4 is 51.5 Å². The fourth-order valence-electron chi connectivity index (χ4n) is 8.97. The number of rotatable bonds is 2. The summed E-state index contributed by atoms with van der Waals surface area (Å²) in [5, 5.41) is 0. The molecule has 4 heteroatoms. The van der Waals surface area contributed by atoms with E-state index in [4.69, 9.17) is 4.74 Å². The molecule has 0 aromatic heterocycles. The number of benzene rings is 5. The molecule has 0 N–H and O–H groups in total. The highest BCUT2D eigenvalue weighted by atomic mass is 16.5. The summed E-state index contributed by atoms with van der Waals surface area (Å²) in [6, 6.07) is 38.4. The Balaban J connectivity index is 1.21. The van der Waals surface area contributed by atoms with Crippen molar-refractivity contribution in [2.24, 2.45) is 0 Å². The van der Waals surface area contributed by atoms with Crippen molar-refractivity contribution in [2.75, 3.05) is 9.80 Å². The predicted octanol–water partition coefficient (Wildman–Crippen LogP) is 7.45. The molecule has 208 valence electrons. The number of ether oxygens (including phenoxy) is 1. The fourth-order valence-corrected chi connectivity index (χ4v) is 8.97. The van der Waals surface area contributed by atoms with Gasteiger partial charge in [0, 0.05) is 40.4 Å². The lowest BCUT2D eigenvalue weighted by Gasteiger charge is -2.43. The van der Waals surface area contributed by atoms with Gasteiger partial charge >= 0.3 is 0 Å². The molecule has 11 rings (SSSR count). The largest absolute Gasteiger partial charge is 0.458 e. The van der Waals surface area contributed by atoms with E-state index in [0.29, 0.717) is 12.0 Å². The Kier molecular flexibility index (Phi) is 4.46. The molecule has 6 aliphatic rings. The van der Waals surface area contributed by atoms with Gasteiger partial charge < -0.3 is 14.5 Å². The molecule has 0 amide bonds. The number of hydrogen-bond donors (Lipinski definition) is 0. The van der Waals surface area contributed by atoms with Gasteiger partial charge in [-0.25, -0.2) is 0 Å². The second kappa shape index (κ2) is 8.36. The third-order valence-electron chi connectivity index (χ3n) is 11.1. The molecule has 0 spiro atoms. The summed E-state index contributed by atoms with van der Waals surface area (Å²) in [7, 11) is 0. The summed E-state index contributed by atoms with van der Waals surface area (Å²) in [6.45, 7) is 0.119. The van der Waals surface area contributed by atoms with Gasteiger partial charge in [0.1, 0.15) is 11.5 Å². The van der Waals surface area contributed by atoms with E-state index in [1.807, 2.05) is 0 Å². The number of fused-ring (bicyclic) bond motifs is 10. The van der Waals surface area contributed by atoms with E-state index in [-0.39, 0.29) is 6.71 Å². The average Bonchev–Trinajstić information content (AvgIpc) is 3.33. The van der Waals surface area contributed by atoms with Crippen LogP contribution in [0.4, 0.5) is 28.4 Å². The minimum atomic E-state index is 0.119. The zero-order chi connectivity index (χ0) is 28.5. The molecule has 5 aromatic rings. The van der Waals surface area contributed by atoms with Gasteiger partial charge in [0.15, 0.2) is 0 Å². The number of nitrogens with zero attached hydrogens (tertiary/aromatic N) is 2. The Bertz CT molecular complexity index is 2150. The maximum Gasteiger partial charge on any atom is 0.256 e. The first kappa shape index (κ1) is 23.5. The van der Waals surface area contributed by atoms with Crippen LogP contribution in [0.5, 0.6) is 11.5 Å². The Labute approximate surface area is 257 Å². The van der Waals surface area contributed by atoms with Gasteiger partial charge in [-0.05, 0) is 100 Å². The van der Waals surface area contributed by atoms with Crippen LogP contribution in [0.2, 0.25) is 0 Å². The van der Waals surface area contributed by atoms with Crippen molar-refractivity contribution < 1.29 is 4.74 Å². The molecule has 3 aliphatic heterocycles. The monoisotopic (exact) mass is 564 g/mol. The van der Waals surface area contributed by atoms with Crippen LogP contribution in [-0.4, -0.2) is 12.8 Å². The molecule has 2 unspecified atom stereocenters. The molecule has 3 aliphatic carbocycles. The first-order chi connectivity index (χ1) is 21.8. The second-order valence-electron chi connectivity index (χ2n) is 13.1. The molecule has 0 saturated heterocycles. The van der Waals surface area contributed by atoms with E-state index in [1.54, 1.807) is 16.7 Å². The standard InChI is InChI=1S/C40H29BN2O/c1-2-8-26(9-3-1)42-34-12-6-4-10-32(34)41-33-11-5-7-13-36(33)44-37-23-27(22-35(42)38(37)41)43-39-28-18-14-24(28)16-20-30(39)31-21-17-25-15-19-29(25)40(31)43/h1-13,16-17,20-23,30,39H,14-15,18-19H2. The Morgan fingerprint density at radius 2 is 1.52 bits per heavy atom. The molecule has 44 heavy (non-hydrogen) atoms. The summed E-state index contributed by atoms with van der Waals surface area (Å²) < 4.78 is 6.90. The predicted molar refractivity (Wildman–Crippen MR) is 180 cm³/mol. The molecule has 0 saturated carbocycles. The molecule has 2 atom stereocenters. The van der Waals surface area contributed by atoms with Gasteiger partial charge in [-0.2, -0.15) is 0 Å². The van der Waals surface area contributed by atoms with Crippen molar-refractivity contribution in [3.05, 3.63) is 143 Å². The number of para-hydroxylation sites is 3. The lowest BCUT2D eigenvalue weighted by molar-refractivity contribution is 0.487. The Hall–Kier alpha value is -4.96. The van der Waals surface area contributed by atoms with E-state index < -0.39 is 0 Å². The Morgan fingerprint density at radius 1 is 0.682 bits per heavy atom. The third kappa shape index (κ3) is 2.89. The van der Waals surface area contributed by atoms with Crippen molar-refractivity contribution in [3.8, 4) is 11.5 Å². The van der Waals surface area contributed by atoms with Crippen LogP contribution < -0.4 is 30.9 Å². The van der Waals surface area contributed by atoms with Gasteiger partial charge in [-0.1, -0.05) is 78.9 Å². The van der Waals surface area contributed by atoms with Crippen LogP contribution in [0.25, 0.3) is 0 Å². The van der Waals surface area contributed by atoms with E-state index in [0.717, 1.165) is 17.9 Å². The quantitative estimate of drug-likeness (QED) is 0.203. The van der Waals surface area contributed by atoms with Gasteiger partial charge in [0.2, 0.25) is 0 Å². The topological polar surface area (TPSA) is 15.7 Å². The number of anilines is 5. The van der Waals surface area contributed by atoms with E-state index in [1.165, 1.54) is 75.2 Å². The third-order valence-corrected chi connectivity index (χ3v) is 11.1. The molecular weight excluding hydrogens is 535 g/mol. The zero-order valence-electron chi connectivity index (χ0n) is 24.3. The molecule has 0 bridgehead atoms. The summed E-state index contributed by atoms with van der Waals surface area (Å²) >= 11 is 0. The molecule has 3 nitrogen and oxygen atoms in total. The molecular formula is C40H29BN2O. The molecule has 5 aromatic carbocycles. The average molecular weight is 564 g/mol. The zero-order valence-corrected chi connectivity index (χ0v) is 24.3. The van der Waals surface area contributed by atoms with Crippen LogP contribution in [0.1, 0.15) is 35.4 Å². The summed E-state index contributed by atoms with van der Waals surface area (Å²) in [6.07, 6.45) is 9.66. The van der Waals surface area contributed by atoms with Crippen molar-refractivity contribution in [1.29, 1.82) is 0 Å². The van der Waals surface area contributed by atoms with Crippen LogP contribution in [0.3, 0.4) is 0 Å². The number of allylic oxidation sites excluding steroid dienone is 2. The first-order valence-corrected chi connectivity index (χ1v) is 16.1. The maximum absolute atomic E-state index is 6.90. The molecule has 0 fully saturated rings. The minimum absolute atomic E-state index is 0.119. The highest BCUT2D eigenvalue weighted by molar-refractivity contribution is 6.99. The smallest absolute Gasteiger partial charge is 0.256 e. The van der Waals surface area contributed by atoms with Gasteiger partial charge in [0.25, 0.3) is 6.71 Å².